The van der Waals surface area contributed by atoms with Crippen molar-refractivity contribution in [2.24, 2.45) is 4.99 Å². The molecule has 0 amide bonds. The van der Waals surface area contributed by atoms with Crippen molar-refractivity contribution in [3.05, 3.63) is 30.3 Å². The van der Waals surface area contributed by atoms with E-state index < -0.39 is 0 Å². The van der Waals surface area contributed by atoms with E-state index >= 15 is 0 Å². The van der Waals surface area contributed by atoms with Crippen molar-refractivity contribution in [1.82, 2.24) is 15.5 Å². The molecular formula is C18H30N4OS. The van der Waals surface area contributed by atoms with Gasteiger partial charge in [-0.1, -0.05) is 18.2 Å². The van der Waals surface area contributed by atoms with Crippen LogP contribution < -0.4 is 10.6 Å². The van der Waals surface area contributed by atoms with Crippen molar-refractivity contribution < 1.29 is 4.74 Å². The first kappa shape index (κ1) is 19.1. The van der Waals surface area contributed by atoms with Gasteiger partial charge in [0.25, 0.3) is 0 Å². The van der Waals surface area contributed by atoms with Crippen LogP contribution in [0.3, 0.4) is 0 Å². The van der Waals surface area contributed by atoms with E-state index in [0.717, 1.165) is 38.0 Å². The van der Waals surface area contributed by atoms with Crippen LogP contribution in [0.15, 0.2) is 40.2 Å². The number of ether oxygens (including phenoxy) is 1. The molecule has 0 aliphatic carbocycles. The molecule has 1 aromatic rings. The van der Waals surface area contributed by atoms with E-state index in [0.29, 0.717) is 6.04 Å². The second kappa shape index (κ2) is 11.3. The van der Waals surface area contributed by atoms with Crippen molar-refractivity contribution in [3.8, 4) is 0 Å². The SMILES string of the molecule is CN=C(NCCSc1ccccc1)NCC1CCCN1CCOC. The van der Waals surface area contributed by atoms with Gasteiger partial charge in [-0.3, -0.25) is 9.89 Å². The van der Waals surface area contributed by atoms with Crippen LogP contribution in [0, 0.1) is 0 Å². The molecule has 1 aliphatic rings. The fraction of sp³-hybridized carbons (Fsp3) is 0.611. The summed E-state index contributed by atoms with van der Waals surface area (Å²) in [5, 5.41) is 6.86. The molecule has 2 N–H and O–H groups in total. The summed E-state index contributed by atoms with van der Waals surface area (Å²) in [6.07, 6.45) is 2.52. The van der Waals surface area contributed by atoms with Gasteiger partial charge < -0.3 is 15.4 Å². The first-order valence-electron chi connectivity index (χ1n) is 8.69. The molecule has 6 heteroatoms. The topological polar surface area (TPSA) is 48.9 Å². The van der Waals surface area contributed by atoms with Gasteiger partial charge in [-0.25, -0.2) is 0 Å². The lowest BCUT2D eigenvalue weighted by molar-refractivity contribution is 0.141. The van der Waals surface area contributed by atoms with Gasteiger partial charge >= 0.3 is 0 Å². The smallest absolute Gasteiger partial charge is 0.191 e. The molecular weight excluding hydrogens is 320 g/mol. The molecule has 1 aliphatic heterocycles. The fourth-order valence-electron chi connectivity index (χ4n) is 2.92. The van der Waals surface area contributed by atoms with Gasteiger partial charge in [0.2, 0.25) is 0 Å². The Labute approximate surface area is 150 Å². The van der Waals surface area contributed by atoms with Crippen LogP contribution in [0.4, 0.5) is 0 Å². The average Bonchev–Trinajstić information content (AvgIpc) is 3.07. The van der Waals surface area contributed by atoms with Gasteiger partial charge in [-0.05, 0) is 31.5 Å². The Kier molecular flexibility index (Phi) is 9.02. The molecule has 1 saturated heterocycles. The number of aliphatic imine (C=N–C) groups is 1. The van der Waals surface area contributed by atoms with Gasteiger partial charge in [-0.2, -0.15) is 0 Å². The second-order valence-electron chi connectivity index (χ2n) is 5.87. The van der Waals surface area contributed by atoms with E-state index in [2.05, 4.69) is 44.8 Å². The third-order valence-corrected chi connectivity index (χ3v) is 5.23. The molecule has 0 saturated carbocycles. The third-order valence-electron chi connectivity index (χ3n) is 4.22. The van der Waals surface area contributed by atoms with Crippen LogP contribution >= 0.6 is 11.8 Å². The lowest BCUT2D eigenvalue weighted by Crippen LogP contribution is -2.45. The maximum absolute atomic E-state index is 5.20. The van der Waals surface area contributed by atoms with Crippen LogP contribution in [-0.2, 0) is 4.74 Å². The quantitative estimate of drug-likeness (QED) is 0.309. The molecule has 0 radical (unpaired) electrons. The zero-order valence-corrected chi connectivity index (χ0v) is 15.6. The van der Waals surface area contributed by atoms with Gasteiger partial charge in [0.05, 0.1) is 6.61 Å². The Hall–Kier alpha value is -1.24. The maximum atomic E-state index is 5.20. The lowest BCUT2D eigenvalue weighted by Gasteiger charge is -2.25. The van der Waals surface area contributed by atoms with Crippen molar-refractivity contribution in [2.75, 3.05) is 52.7 Å². The molecule has 5 nitrogen and oxygen atoms in total. The Morgan fingerprint density at radius 1 is 1.33 bits per heavy atom. The van der Waals surface area contributed by atoms with Gasteiger partial charge in [-0.15, -0.1) is 11.8 Å². The molecule has 1 aromatic carbocycles. The zero-order valence-electron chi connectivity index (χ0n) is 14.8. The first-order chi connectivity index (χ1) is 11.8. The Morgan fingerprint density at radius 3 is 2.92 bits per heavy atom. The van der Waals surface area contributed by atoms with Crippen LogP contribution in [0.25, 0.3) is 0 Å². The fourth-order valence-corrected chi connectivity index (χ4v) is 3.71. The number of guanidine groups is 1. The maximum Gasteiger partial charge on any atom is 0.191 e. The van der Waals surface area contributed by atoms with Crippen LogP contribution in [0.1, 0.15) is 12.8 Å². The summed E-state index contributed by atoms with van der Waals surface area (Å²) >= 11 is 1.86. The number of likely N-dealkylation sites (tertiary alicyclic amines) is 1. The molecule has 0 aromatic heterocycles. The largest absolute Gasteiger partial charge is 0.383 e. The summed E-state index contributed by atoms with van der Waals surface area (Å²) in [4.78, 5) is 8.14. The summed E-state index contributed by atoms with van der Waals surface area (Å²) in [5.41, 5.74) is 0. The van der Waals surface area contributed by atoms with E-state index in [4.69, 9.17) is 4.74 Å². The van der Waals surface area contributed by atoms with Crippen molar-refractivity contribution in [2.45, 2.75) is 23.8 Å². The van der Waals surface area contributed by atoms with E-state index in [1.165, 1.54) is 24.3 Å². The summed E-state index contributed by atoms with van der Waals surface area (Å²) < 4.78 is 5.20. The van der Waals surface area contributed by atoms with E-state index in [1.54, 1.807) is 7.11 Å². The number of hydrogen-bond donors (Lipinski definition) is 2. The Balaban J connectivity index is 1.63. The van der Waals surface area contributed by atoms with Gasteiger partial charge in [0.1, 0.15) is 0 Å². The number of nitrogens with zero attached hydrogens (tertiary/aromatic N) is 2. The summed E-state index contributed by atoms with van der Waals surface area (Å²) in [5.74, 6) is 1.91. The molecule has 0 bridgehead atoms. The van der Waals surface area contributed by atoms with E-state index in [9.17, 15) is 0 Å². The highest BCUT2D eigenvalue weighted by molar-refractivity contribution is 7.99. The summed E-state index contributed by atoms with van der Waals surface area (Å²) in [7, 11) is 3.60. The van der Waals surface area contributed by atoms with Crippen LogP contribution in [0.5, 0.6) is 0 Å². The predicted octanol–water partition coefficient (Wildman–Crippen LogP) is 2.05. The molecule has 2 rings (SSSR count). The molecule has 1 fully saturated rings. The van der Waals surface area contributed by atoms with Crippen molar-refractivity contribution >= 4 is 17.7 Å². The van der Waals surface area contributed by atoms with E-state index in [-0.39, 0.29) is 0 Å². The normalized spacial score (nSPS) is 18.8. The first-order valence-corrected chi connectivity index (χ1v) is 9.67. The van der Waals surface area contributed by atoms with Gasteiger partial charge in [0, 0.05) is 50.5 Å². The molecule has 1 heterocycles. The standard InChI is InChI=1S/C18H30N4OS/c1-19-18(20-10-14-24-17-8-4-3-5-9-17)21-15-16-7-6-11-22(16)12-13-23-2/h3-5,8-9,16H,6-7,10-15H2,1-2H3,(H2,19,20,21). The summed E-state index contributed by atoms with van der Waals surface area (Å²) in [6.45, 7) is 4.84. The highest BCUT2D eigenvalue weighted by Crippen LogP contribution is 2.16. The number of methoxy groups -OCH3 is 1. The average molecular weight is 351 g/mol. The predicted molar refractivity (Wildman–Crippen MR) is 103 cm³/mol. The molecule has 0 spiro atoms. The number of nitrogens with one attached hydrogen (secondary N) is 2. The Morgan fingerprint density at radius 2 is 2.17 bits per heavy atom. The minimum absolute atomic E-state index is 0.581. The highest BCUT2D eigenvalue weighted by Gasteiger charge is 2.23. The van der Waals surface area contributed by atoms with Crippen molar-refractivity contribution in [1.29, 1.82) is 0 Å². The van der Waals surface area contributed by atoms with Crippen LogP contribution in [-0.4, -0.2) is 69.6 Å². The second-order valence-corrected chi connectivity index (χ2v) is 7.03. The van der Waals surface area contributed by atoms with Crippen LogP contribution in [0.2, 0.25) is 0 Å². The molecule has 1 atom stereocenters. The Bertz CT molecular complexity index is 483. The van der Waals surface area contributed by atoms with Crippen molar-refractivity contribution in [3.63, 3.8) is 0 Å². The monoisotopic (exact) mass is 350 g/mol. The zero-order chi connectivity index (χ0) is 17.0. The minimum Gasteiger partial charge on any atom is -0.383 e. The molecule has 1 unspecified atom stereocenters. The molecule has 134 valence electrons. The number of hydrogen-bond acceptors (Lipinski definition) is 4. The minimum atomic E-state index is 0.581. The third kappa shape index (κ3) is 6.71. The summed E-state index contributed by atoms with van der Waals surface area (Å²) in [6, 6.07) is 11.1. The number of rotatable bonds is 9. The number of benzene rings is 1. The van der Waals surface area contributed by atoms with Gasteiger partial charge in [0.15, 0.2) is 5.96 Å². The van der Waals surface area contributed by atoms with E-state index in [1.807, 2.05) is 24.9 Å². The number of thioether (sulfide) groups is 1. The molecule has 24 heavy (non-hydrogen) atoms. The lowest BCUT2D eigenvalue weighted by atomic mass is 10.2. The highest BCUT2D eigenvalue weighted by atomic mass is 32.2.